The number of benzene rings is 1. The van der Waals surface area contributed by atoms with Crippen LogP contribution in [0.3, 0.4) is 0 Å². The van der Waals surface area contributed by atoms with Crippen molar-refractivity contribution in [1.82, 2.24) is 19.2 Å². The molecule has 136 valence electrons. The molecule has 26 heavy (non-hydrogen) atoms. The van der Waals surface area contributed by atoms with Crippen LogP contribution < -0.4 is 4.74 Å². The van der Waals surface area contributed by atoms with Crippen LogP contribution in [-0.4, -0.2) is 64.4 Å². The predicted molar refractivity (Wildman–Crippen MR) is 102 cm³/mol. The Labute approximate surface area is 156 Å². The lowest BCUT2D eigenvalue weighted by atomic mass is 10.2. The summed E-state index contributed by atoms with van der Waals surface area (Å²) < 4.78 is 7.72. The molecule has 1 fully saturated rings. The Morgan fingerprint density at radius 1 is 1.15 bits per heavy atom. The maximum absolute atomic E-state index is 12.5. The summed E-state index contributed by atoms with van der Waals surface area (Å²) in [5.74, 6) is 1.07. The standard InChI is InChI=1S/C19H22N4O2S/c24-18(14-16-15-23-11-13-26-19(23)20-16)22-8-6-21(7-9-22)10-12-25-17-4-2-1-3-5-17/h1-5,11,13,15H,6-10,12,14H2. The summed E-state index contributed by atoms with van der Waals surface area (Å²) in [6.07, 6.45) is 4.30. The lowest BCUT2D eigenvalue weighted by molar-refractivity contribution is -0.132. The number of para-hydroxylation sites is 1. The van der Waals surface area contributed by atoms with E-state index in [2.05, 4.69) is 9.88 Å². The van der Waals surface area contributed by atoms with Gasteiger partial charge in [0.1, 0.15) is 12.4 Å². The van der Waals surface area contributed by atoms with Crippen molar-refractivity contribution in [3.8, 4) is 5.75 Å². The molecule has 1 aliphatic rings. The number of aromatic nitrogens is 2. The monoisotopic (exact) mass is 370 g/mol. The minimum absolute atomic E-state index is 0.163. The van der Waals surface area contributed by atoms with E-state index in [0.717, 1.165) is 49.1 Å². The Morgan fingerprint density at radius 3 is 2.73 bits per heavy atom. The molecule has 3 heterocycles. The van der Waals surface area contributed by atoms with E-state index in [-0.39, 0.29) is 5.91 Å². The lowest BCUT2D eigenvalue weighted by Crippen LogP contribution is -2.50. The van der Waals surface area contributed by atoms with Gasteiger partial charge in [0.15, 0.2) is 4.96 Å². The van der Waals surface area contributed by atoms with Crippen LogP contribution in [0.25, 0.3) is 4.96 Å². The van der Waals surface area contributed by atoms with E-state index >= 15 is 0 Å². The SMILES string of the molecule is O=C(Cc1cn2ccsc2n1)N1CCN(CCOc2ccccc2)CC1. The molecule has 4 rings (SSSR count). The van der Waals surface area contributed by atoms with E-state index in [0.29, 0.717) is 13.0 Å². The van der Waals surface area contributed by atoms with E-state index in [1.807, 2.05) is 57.4 Å². The van der Waals surface area contributed by atoms with E-state index in [1.54, 1.807) is 11.3 Å². The summed E-state index contributed by atoms with van der Waals surface area (Å²) in [5.41, 5.74) is 0.848. The Morgan fingerprint density at radius 2 is 1.96 bits per heavy atom. The highest BCUT2D eigenvalue weighted by molar-refractivity contribution is 7.15. The molecule has 2 aromatic heterocycles. The number of nitrogens with zero attached hydrogens (tertiary/aromatic N) is 4. The fourth-order valence-electron chi connectivity index (χ4n) is 3.16. The fourth-order valence-corrected chi connectivity index (χ4v) is 3.88. The first-order valence-corrected chi connectivity index (χ1v) is 9.75. The molecule has 0 aliphatic carbocycles. The molecule has 1 aromatic carbocycles. The van der Waals surface area contributed by atoms with Crippen LogP contribution in [0.4, 0.5) is 0 Å². The van der Waals surface area contributed by atoms with Crippen molar-refractivity contribution in [2.24, 2.45) is 0 Å². The van der Waals surface area contributed by atoms with Gasteiger partial charge >= 0.3 is 0 Å². The number of piperazine rings is 1. The summed E-state index contributed by atoms with van der Waals surface area (Å²) in [4.78, 5) is 22.2. The average Bonchev–Trinajstić information content (AvgIpc) is 3.25. The van der Waals surface area contributed by atoms with Gasteiger partial charge < -0.3 is 9.64 Å². The Kier molecular flexibility index (Phi) is 5.17. The van der Waals surface area contributed by atoms with E-state index < -0.39 is 0 Å². The van der Waals surface area contributed by atoms with Crippen molar-refractivity contribution < 1.29 is 9.53 Å². The summed E-state index contributed by atoms with van der Waals surface area (Å²) in [6.45, 7) is 4.88. The van der Waals surface area contributed by atoms with Gasteiger partial charge in [-0.25, -0.2) is 4.98 Å². The molecule has 0 atom stereocenters. The number of carbonyl (C=O) groups excluding carboxylic acids is 1. The topological polar surface area (TPSA) is 50.1 Å². The number of thiazole rings is 1. The summed E-state index contributed by atoms with van der Waals surface area (Å²) in [5, 5.41) is 1.99. The number of amides is 1. The molecule has 7 heteroatoms. The average molecular weight is 370 g/mol. The second-order valence-electron chi connectivity index (χ2n) is 6.39. The number of fused-ring (bicyclic) bond motifs is 1. The molecule has 1 aliphatic heterocycles. The van der Waals surface area contributed by atoms with Gasteiger partial charge in [0.05, 0.1) is 12.1 Å². The highest BCUT2D eigenvalue weighted by Gasteiger charge is 2.21. The van der Waals surface area contributed by atoms with Gasteiger partial charge in [-0.3, -0.25) is 14.1 Å². The van der Waals surface area contributed by atoms with Crippen molar-refractivity contribution >= 4 is 22.2 Å². The summed E-state index contributed by atoms with van der Waals surface area (Å²) in [6, 6.07) is 9.87. The van der Waals surface area contributed by atoms with E-state index in [4.69, 9.17) is 4.74 Å². The van der Waals surface area contributed by atoms with E-state index in [1.165, 1.54) is 0 Å². The lowest BCUT2D eigenvalue weighted by Gasteiger charge is -2.34. The van der Waals surface area contributed by atoms with Crippen LogP contribution in [0.1, 0.15) is 5.69 Å². The molecule has 3 aromatic rings. The number of ether oxygens (including phenoxy) is 1. The third-order valence-electron chi connectivity index (χ3n) is 4.62. The van der Waals surface area contributed by atoms with Crippen molar-refractivity contribution in [1.29, 1.82) is 0 Å². The largest absolute Gasteiger partial charge is 0.492 e. The molecule has 0 unspecified atom stereocenters. The van der Waals surface area contributed by atoms with Crippen LogP contribution >= 0.6 is 11.3 Å². The van der Waals surface area contributed by atoms with Gasteiger partial charge in [0.2, 0.25) is 5.91 Å². The van der Waals surface area contributed by atoms with Crippen LogP contribution in [0.15, 0.2) is 48.1 Å². The van der Waals surface area contributed by atoms with Gasteiger partial charge in [0.25, 0.3) is 0 Å². The molecule has 0 bridgehead atoms. The highest BCUT2D eigenvalue weighted by atomic mass is 32.1. The Hall–Kier alpha value is -2.38. The molecule has 0 spiro atoms. The molecule has 0 N–H and O–H groups in total. The number of imidazole rings is 1. The number of carbonyl (C=O) groups is 1. The normalized spacial score (nSPS) is 15.5. The van der Waals surface area contributed by atoms with Crippen LogP contribution in [-0.2, 0) is 11.2 Å². The van der Waals surface area contributed by atoms with Crippen molar-refractivity contribution in [3.63, 3.8) is 0 Å². The molecular formula is C19H22N4O2S. The molecule has 6 nitrogen and oxygen atoms in total. The molecule has 1 amide bonds. The van der Waals surface area contributed by atoms with Gasteiger partial charge in [-0.1, -0.05) is 18.2 Å². The predicted octanol–water partition coefficient (Wildman–Crippen LogP) is 2.16. The van der Waals surface area contributed by atoms with Crippen LogP contribution in [0.2, 0.25) is 0 Å². The van der Waals surface area contributed by atoms with Crippen molar-refractivity contribution in [2.45, 2.75) is 6.42 Å². The third-order valence-corrected chi connectivity index (χ3v) is 5.39. The Balaban J connectivity index is 1.20. The van der Waals surface area contributed by atoms with Crippen LogP contribution in [0, 0.1) is 0 Å². The maximum atomic E-state index is 12.5. The second-order valence-corrected chi connectivity index (χ2v) is 7.26. The Bertz CT molecular complexity index is 824. The van der Waals surface area contributed by atoms with Gasteiger partial charge in [-0.2, -0.15) is 0 Å². The van der Waals surface area contributed by atoms with Gasteiger partial charge in [-0.05, 0) is 12.1 Å². The number of rotatable bonds is 6. The quantitative estimate of drug-likeness (QED) is 0.667. The van der Waals surface area contributed by atoms with Crippen LogP contribution in [0.5, 0.6) is 5.75 Å². The summed E-state index contributed by atoms with van der Waals surface area (Å²) in [7, 11) is 0. The second kappa shape index (κ2) is 7.88. The molecular weight excluding hydrogens is 348 g/mol. The number of hydrogen-bond acceptors (Lipinski definition) is 5. The number of hydrogen-bond donors (Lipinski definition) is 0. The highest BCUT2D eigenvalue weighted by Crippen LogP contribution is 2.13. The molecule has 0 radical (unpaired) electrons. The van der Waals surface area contributed by atoms with E-state index in [9.17, 15) is 4.79 Å². The first kappa shape index (κ1) is 17.1. The van der Waals surface area contributed by atoms with Gasteiger partial charge in [0, 0.05) is 50.5 Å². The molecule has 1 saturated heterocycles. The van der Waals surface area contributed by atoms with Gasteiger partial charge in [-0.15, -0.1) is 11.3 Å². The minimum atomic E-state index is 0.163. The molecule has 0 saturated carbocycles. The van der Waals surface area contributed by atoms with Crippen molar-refractivity contribution in [3.05, 3.63) is 53.8 Å². The zero-order valence-corrected chi connectivity index (χ0v) is 15.4. The fraction of sp³-hybridized carbons (Fsp3) is 0.368. The minimum Gasteiger partial charge on any atom is -0.492 e. The zero-order chi connectivity index (χ0) is 17.8. The summed E-state index contributed by atoms with van der Waals surface area (Å²) >= 11 is 1.59. The van der Waals surface area contributed by atoms with Crippen molar-refractivity contribution in [2.75, 3.05) is 39.3 Å². The third kappa shape index (κ3) is 4.05. The smallest absolute Gasteiger partial charge is 0.228 e. The first-order valence-electron chi connectivity index (χ1n) is 8.87. The first-order chi connectivity index (χ1) is 12.8. The zero-order valence-electron chi connectivity index (χ0n) is 14.6. The maximum Gasteiger partial charge on any atom is 0.228 e.